The maximum Gasteiger partial charge on any atom is 0.326 e. The number of nitrogens with two attached hydrogens (primary N) is 1. The normalized spacial score (nSPS) is 10.2. The fourth-order valence-corrected chi connectivity index (χ4v) is 1.73. The summed E-state index contributed by atoms with van der Waals surface area (Å²) >= 11 is 0. The first-order chi connectivity index (χ1) is 9.61. The number of hydrogen-bond donors (Lipinski definition) is 2. The van der Waals surface area contributed by atoms with E-state index in [-0.39, 0.29) is 5.69 Å². The van der Waals surface area contributed by atoms with Gasteiger partial charge in [-0.15, -0.1) is 0 Å². The zero-order valence-electron chi connectivity index (χ0n) is 11.1. The van der Waals surface area contributed by atoms with Crippen LogP contribution in [0.15, 0.2) is 48.5 Å². The molecular formula is C15H16FN3O. The van der Waals surface area contributed by atoms with Gasteiger partial charge in [0.1, 0.15) is 5.82 Å². The van der Waals surface area contributed by atoms with E-state index in [2.05, 4.69) is 5.32 Å². The van der Waals surface area contributed by atoms with Crippen LogP contribution in [0.25, 0.3) is 0 Å². The summed E-state index contributed by atoms with van der Waals surface area (Å²) in [5, 5.41) is 2.52. The van der Waals surface area contributed by atoms with Crippen molar-refractivity contribution in [3.8, 4) is 0 Å². The maximum absolute atomic E-state index is 13.5. The largest absolute Gasteiger partial charge is 0.326 e. The third-order valence-electron chi connectivity index (χ3n) is 2.98. The molecule has 0 aliphatic heterocycles. The number of carbonyl (C=O) groups excluding carboxylic acids is 1. The molecule has 0 saturated carbocycles. The Morgan fingerprint density at radius 3 is 2.45 bits per heavy atom. The number of amides is 2. The molecule has 0 radical (unpaired) electrons. The Kier molecular flexibility index (Phi) is 4.32. The van der Waals surface area contributed by atoms with Gasteiger partial charge >= 0.3 is 6.03 Å². The van der Waals surface area contributed by atoms with Gasteiger partial charge in [-0.3, -0.25) is 4.90 Å². The molecule has 2 amide bonds. The molecule has 3 N–H and O–H groups in total. The second kappa shape index (κ2) is 6.16. The van der Waals surface area contributed by atoms with Crippen LogP contribution in [0.4, 0.5) is 20.6 Å². The third kappa shape index (κ3) is 3.13. The van der Waals surface area contributed by atoms with E-state index in [4.69, 9.17) is 5.73 Å². The molecule has 0 fully saturated rings. The van der Waals surface area contributed by atoms with Crippen LogP contribution in [0.5, 0.6) is 0 Å². The first kappa shape index (κ1) is 14.0. The summed E-state index contributed by atoms with van der Waals surface area (Å²) in [6.07, 6.45) is 0. The molecule has 0 heterocycles. The van der Waals surface area contributed by atoms with Crippen LogP contribution < -0.4 is 16.0 Å². The van der Waals surface area contributed by atoms with Gasteiger partial charge in [0, 0.05) is 19.3 Å². The van der Waals surface area contributed by atoms with Crippen LogP contribution in [0.3, 0.4) is 0 Å². The van der Waals surface area contributed by atoms with E-state index in [1.165, 1.54) is 17.0 Å². The number of carbonyl (C=O) groups is 1. The first-order valence-corrected chi connectivity index (χ1v) is 6.20. The molecule has 0 aliphatic carbocycles. The van der Waals surface area contributed by atoms with Gasteiger partial charge in [-0.25, -0.2) is 9.18 Å². The number of anilines is 2. The van der Waals surface area contributed by atoms with Gasteiger partial charge in [-0.05, 0) is 29.8 Å². The van der Waals surface area contributed by atoms with Crippen molar-refractivity contribution in [2.75, 3.05) is 17.3 Å². The van der Waals surface area contributed by atoms with Gasteiger partial charge in [0.15, 0.2) is 0 Å². The highest BCUT2D eigenvalue weighted by atomic mass is 19.1. The number of nitrogens with zero attached hydrogens (tertiary/aromatic N) is 1. The average Bonchev–Trinajstić information content (AvgIpc) is 2.49. The fourth-order valence-electron chi connectivity index (χ4n) is 1.73. The van der Waals surface area contributed by atoms with E-state index >= 15 is 0 Å². The van der Waals surface area contributed by atoms with E-state index in [0.29, 0.717) is 12.2 Å². The molecule has 0 saturated heterocycles. The fraction of sp³-hybridized carbons (Fsp3) is 0.133. The zero-order chi connectivity index (χ0) is 14.5. The Morgan fingerprint density at radius 1 is 1.20 bits per heavy atom. The number of hydrogen-bond acceptors (Lipinski definition) is 2. The SMILES string of the molecule is CN(C(=O)Nc1ccccc1F)c1ccc(CN)cc1. The first-order valence-electron chi connectivity index (χ1n) is 6.20. The highest BCUT2D eigenvalue weighted by Crippen LogP contribution is 2.17. The molecule has 0 spiro atoms. The predicted octanol–water partition coefficient (Wildman–Crippen LogP) is 2.95. The Balaban J connectivity index is 2.10. The van der Waals surface area contributed by atoms with E-state index in [9.17, 15) is 9.18 Å². The minimum absolute atomic E-state index is 0.155. The highest BCUT2D eigenvalue weighted by molar-refractivity contribution is 6.01. The van der Waals surface area contributed by atoms with Crippen LogP contribution >= 0.6 is 0 Å². The van der Waals surface area contributed by atoms with Crippen molar-refractivity contribution in [3.63, 3.8) is 0 Å². The summed E-state index contributed by atoms with van der Waals surface area (Å²) in [6, 6.07) is 12.9. The summed E-state index contributed by atoms with van der Waals surface area (Å²) in [6.45, 7) is 0.450. The molecule has 4 nitrogen and oxygen atoms in total. The van der Waals surface area contributed by atoms with Crippen molar-refractivity contribution in [1.82, 2.24) is 0 Å². The van der Waals surface area contributed by atoms with Crippen LogP contribution in [0.2, 0.25) is 0 Å². The number of halogens is 1. The van der Waals surface area contributed by atoms with Crippen molar-refractivity contribution >= 4 is 17.4 Å². The molecule has 0 atom stereocenters. The van der Waals surface area contributed by atoms with Crippen molar-refractivity contribution in [2.45, 2.75) is 6.54 Å². The number of urea groups is 1. The standard InChI is InChI=1S/C15H16FN3O/c1-19(12-8-6-11(10-17)7-9-12)15(20)18-14-5-3-2-4-13(14)16/h2-9H,10,17H2,1H3,(H,18,20). The van der Waals surface area contributed by atoms with Crippen molar-refractivity contribution in [1.29, 1.82) is 0 Å². The van der Waals surface area contributed by atoms with Gasteiger partial charge in [-0.2, -0.15) is 0 Å². The number of benzene rings is 2. The predicted molar refractivity (Wildman–Crippen MR) is 78.2 cm³/mol. The molecule has 0 unspecified atom stereocenters. The lowest BCUT2D eigenvalue weighted by Crippen LogP contribution is -2.31. The van der Waals surface area contributed by atoms with Crippen LogP contribution in [-0.2, 0) is 6.54 Å². The Labute approximate surface area is 117 Å². The molecule has 5 heteroatoms. The maximum atomic E-state index is 13.5. The second-order valence-electron chi connectivity index (χ2n) is 4.34. The highest BCUT2D eigenvalue weighted by Gasteiger charge is 2.12. The smallest absolute Gasteiger partial charge is 0.326 e. The van der Waals surface area contributed by atoms with Gasteiger partial charge in [0.2, 0.25) is 0 Å². The molecule has 0 bridgehead atoms. The topological polar surface area (TPSA) is 58.4 Å². The summed E-state index contributed by atoms with van der Waals surface area (Å²) in [5.41, 5.74) is 7.36. The molecule has 0 aromatic heterocycles. The monoisotopic (exact) mass is 273 g/mol. The minimum Gasteiger partial charge on any atom is -0.326 e. The summed E-state index contributed by atoms with van der Waals surface area (Å²) < 4.78 is 13.5. The van der Waals surface area contributed by atoms with Crippen LogP contribution in [0, 0.1) is 5.82 Å². The minimum atomic E-state index is -0.465. The van der Waals surface area contributed by atoms with Gasteiger partial charge < -0.3 is 11.1 Å². The number of para-hydroxylation sites is 1. The van der Waals surface area contributed by atoms with Gasteiger partial charge in [-0.1, -0.05) is 24.3 Å². The van der Waals surface area contributed by atoms with Gasteiger partial charge in [0.25, 0.3) is 0 Å². The van der Waals surface area contributed by atoms with E-state index in [1.807, 2.05) is 12.1 Å². The summed E-state index contributed by atoms with van der Waals surface area (Å²) in [7, 11) is 1.62. The van der Waals surface area contributed by atoms with Crippen molar-refractivity contribution in [2.24, 2.45) is 5.73 Å². The molecule has 2 aromatic rings. The molecular weight excluding hydrogens is 257 g/mol. The van der Waals surface area contributed by atoms with Crippen molar-refractivity contribution in [3.05, 3.63) is 59.9 Å². The van der Waals surface area contributed by atoms with Crippen molar-refractivity contribution < 1.29 is 9.18 Å². The Morgan fingerprint density at radius 2 is 1.85 bits per heavy atom. The number of nitrogens with one attached hydrogen (secondary N) is 1. The van der Waals surface area contributed by atoms with E-state index < -0.39 is 11.8 Å². The van der Waals surface area contributed by atoms with Crippen LogP contribution in [-0.4, -0.2) is 13.1 Å². The second-order valence-corrected chi connectivity index (χ2v) is 4.34. The Bertz CT molecular complexity index is 598. The lowest BCUT2D eigenvalue weighted by molar-refractivity contribution is 0.258. The Hall–Kier alpha value is -2.40. The lowest BCUT2D eigenvalue weighted by Gasteiger charge is -2.18. The molecule has 2 rings (SSSR count). The van der Waals surface area contributed by atoms with E-state index in [1.54, 1.807) is 31.3 Å². The molecule has 104 valence electrons. The summed E-state index contributed by atoms with van der Waals surface area (Å²) in [4.78, 5) is 13.5. The summed E-state index contributed by atoms with van der Waals surface area (Å²) in [5.74, 6) is -0.465. The van der Waals surface area contributed by atoms with Crippen LogP contribution in [0.1, 0.15) is 5.56 Å². The molecule has 2 aromatic carbocycles. The number of rotatable bonds is 3. The molecule has 0 aliphatic rings. The lowest BCUT2D eigenvalue weighted by atomic mass is 10.2. The third-order valence-corrected chi connectivity index (χ3v) is 2.98. The average molecular weight is 273 g/mol. The zero-order valence-corrected chi connectivity index (χ0v) is 11.1. The van der Waals surface area contributed by atoms with E-state index in [0.717, 1.165) is 5.56 Å². The molecule has 20 heavy (non-hydrogen) atoms. The quantitative estimate of drug-likeness (QED) is 0.903. The van der Waals surface area contributed by atoms with Gasteiger partial charge in [0.05, 0.1) is 5.69 Å².